The van der Waals surface area contributed by atoms with Gasteiger partial charge in [0.1, 0.15) is 5.60 Å². The number of nitrogens with one attached hydrogen (secondary N) is 1. The molecular formula is C15H25N3O3. The van der Waals surface area contributed by atoms with Crippen LogP contribution in [0.5, 0.6) is 0 Å². The third-order valence-electron chi connectivity index (χ3n) is 4.69. The number of carbonyl (C=O) groups excluding carboxylic acids is 2. The van der Waals surface area contributed by atoms with Crippen LogP contribution in [0.3, 0.4) is 0 Å². The van der Waals surface area contributed by atoms with E-state index in [4.69, 9.17) is 4.74 Å². The normalized spacial score (nSPS) is 30.6. The van der Waals surface area contributed by atoms with Crippen LogP contribution in [0, 0.1) is 11.8 Å². The lowest BCUT2D eigenvalue weighted by molar-refractivity contribution is -0.125. The minimum absolute atomic E-state index is 0.148. The van der Waals surface area contributed by atoms with Gasteiger partial charge in [0.2, 0.25) is 5.91 Å². The largest absolute Gasteiger partial charge is 0.444 e. The van der Waals surface area contributed by atoms with Gasteiger partial charge in [-0.1, -0.05) is 0 Å². The van der Waals surface area contributed by atoms with Gasteiger partial charge in [0.15, 0.2) is 0 Å². The lowest BCUT2D eigenvalue weighted by Gasteiger charge is -2.48. The maximum Gasteiger partial charge on any atom is 0.410 e. The number of rotatable bonds is 1. The first-order valence-electron chi connectivity index (χ1n) is 7.83. The topological polar surface area (TPSA) is 61.9 Å². The summed E-state index contributed by atoms with van der Waals surface area (Å²) in [7, 11) is 0. The molecule has 3 aliphatic heterocycles. The first kappa shape index (κ1) is 14.6. The monoisotopic (exact) mass is 295 g/mol. The minimum atomic E-state index is -0.442. The molecule has 0 aliphatic carbocycles. The van der Waals surface area contributed by atoms with Gasteiger partial charge >= 0.3 is 6.09 Å². The lowest BCUT2D eigenvalue weighted by atomic mass is 9.87. The Balaban J connectivity index is 1.48. The zero-order chi connectivity index (χ0) is 15.2. The Morgan fingerprint density at radius 1 is 1.29 bits per heavy atom. The van der Waals surface area contributed by atoms with Crippen molar-refractivity contribution < 1.29 is 14.3 Å². The molecule has 0 spiro atoms. The number of carbonyl (C=O) groups is 2. The van der Waals surface area contributed by atoms with Crippen LogP contribution in [0.1, 0.15) is 27.2 Å². The second-order valence-electron chi connectivity index (χ2n) is 7.43. The van der Waals surface area contributed by atoms with Crippen LogP contribution in [-0.2, 0) is 9.53 Å². The van der Waals surface area contributed by atoms with Crippen molar-refractivity contribution in [3.8, 4) is 0 Å². The summed E-state index contributed by atoms with van der Waals surface area (Å²) in [6, 6.07) is 0.381. The molecule has 6 heteroatoms. The van der Waals surface area contributed by atoms with Crippen molar-refractivity contribution in [1.82, 2.24) is 15.1 Å². The molecule has 2 unspecified atom stereocenters. The van der Waals surface area contributed by atoms with Crippen molar-refractivity contribution in [3.05, 3.63) is 0 Å². The molecule has 6 nitrogen and oxygen atoms in total. The number of nitrogens with zero attached hydrogens (tertiary/aromatic N) is 2. The van der Waals surface area contributed by atoms with E-state index in [1.165, 1.54) is 0 Å². The molecule has 0 bridgehead atoms. The zero-order valence-electron chi connectivity index (χ0n) is 13.1. The average molecular weight is 295 g/mol. The number of ether oxygens (including phenoxy) is 1. The van der Waals surface area contributed by atoms with Crippen LogP contribution in [0.2, 0.25) is 0 Å². The van der Waals surface area contributed by atoms with Gasteiger partial charge in [0.05, 0.1) is 5.92 Å². The van der Waals surface area contributed by atoms with Gasteiger partial charge in [-0.25, -0.2) is 4.79 Å². The van der Waals surface area contributed by atoms with E-state index in [9.17, 15) is 9.59 Å². The van der Waals surface area contributed by atoms with Crippen LogP contribution in [-0.4, -0.2) is 66.2 Å². The molecule has 0 radical (unpaired) electrons. The summed E-state index contributed by atoms with van der Waals surface area (Å²) in [5.41, 5.74) is -0.442. The molecule has 3 saturated heterocycles. The number of piperidine rings is 1. The fraction of sp³-hybridized carbons (Fsp3) is 0.867. The molecule has 0 aromatic rings. The van der Waals surface area contributed by atoms with E-state index < -0.39 is 5.60 Å². The van der Waals surface area contributed by atoms with E-state index >= 15 is 0 Å². The fourth-order valence-corrected chi connectivity index (χ4v) is 3.42. The summed E-state index contributed by atoms with van der Waals surface area (Å²) < 4.78 is 5.37. The average Bonchev–Trinajstić information content (AvgIpc) is 2.67. The highest BCUT2D eigenvalue weighted by atomic mass is 16.6. The number of amides is 2. The third kappa shape index (κ3) is 3.00. The Morgan fingerprint density at radius 2 is 2.00 bits per heavy atom. The Bertz CT molecular complexity index is 440. The van der Waals surface area contributed by atoms with E-state index in [1.54, 1.807) is 4.90 Å². The maximum atomic E-state index is 11.9. The van der Waals surface area contributed by atoms with Crippen LogP contribution in [0.4, 0.5) is 4.79 Å². The molecule has 2 amide bonds. The van der Waals surface area contributed by atoms with E-state index in [0.29, 0.717) is 25.0 Å². The minimum Gasteiger partial charge on any atom is -0.444 e. The summed E-state index contributed by atoms with van der Waals surface area (Å²) in [6.45, 7) is 9.78. The van der Waals surface area contributed by atoms with Gasteiger partial charge in [0, 0.05) is 32.2 Å². The highest BCUT2D eigenvalue weighted by Gasteiger charge is 2.44. The van der Waals surface area contributed by atoms with Gasteiger partial charge in [-0.15, -0.1) is 0 Å². The van der Waals surface area contributed by atoms with Crippen LogP contribution in [0.25, 0.3) is 0 Å². The van der Waals surface area contributed by atoms with Gasteiger partial charge in [0.25, 0.3) is 0 Å². The van der Waals surface area contributed by atoms with Crippen molar-refractivity contribution in [2.24, 2.45) is 11.8 Å². The molecule has 118 valence electrons. The second-order valence-corrected chi connectivity index (χ2v) is 7.43. The van der Waals surface area contributed by atoms with Crippen molar-refractivity contribution in [2.75, 3.05) is 32.7 Å². The number of fused-ring (bicyclic) bond motifs is 1. The van der Waals surface area contributed by atoms with E-state index in [2.05, 4.69) is 10.2 Å². The molecule has 3 fully saturated rings. The van der Waals surface area contributed by atoms with E-state index in [1.807, 2.05) is 20.8 Å². The molecular weight excluding hydrogens is 270 g/mol. The van der Waals surface area contributed by atoms with Crippen LogP contribution < -0.4 is 5.32 Å². The molecule has 0 aromatic heterocycles. The van der Waals surface area contributed by atoms with Gasteiger partial charge < -0.3 is 15.0 Å². The van der Waals surface area contributed by atoms with Crippen LogP contribution in [0.15, 0.2) is 0 Å². The first-order valence-corrected chi connectivity index (χ1v) is 7.83. The van der Waals surface area contributed by atoms with Crippen molar-refractivity contribution in [2.45, 2.75) is 38.8 Å². The van der Waals surface area contributed by atoms with E-state index in [-0.39, 0.29) is 17.9 Å². The summed E-state index contributed by atoms with van der Waals surface area (Å²) in [6.07, 6.45) is 0.846. The molecule has 3 heterocycles. The molecule has 1 N–H and O–H groups in total. The smallest absolute Gasteiger partial charge is 0.410 e. The standard InChI is InChI=1S/C15H25N3O3/c1-15(2,3)21-14(20)18-7-11(8-18)17-5-4-10-6-16-13(19)12(10)9-17/h10-12H,4-9H2,1-3H3,(H,16,19). The quantitative estimate of drug-likeness (QED) is 0.772. The lowest BCUT2D eigenvalue weighted by Crippen LogP contribution is -2.63. The Morgan fingerprint density at radius 3 is 2.67 bits per heavy atom. The zero-order valence-corrected chi connectivity index (χ0v) is 13.1. The highest BCUT2D eigenvalue weighted by molar-refractivity contribution is 5.81. The number of hydrogen-bond acceptors (Lipinski definition) is 4. The summed E-state index contributed by atoms with van der Waals surface area (Å²) in [5.74, 6) is 0.859. The predicted molar refractivity (Wildman–Crippen MR) is 77.8 cm³/mol. The molecule has 0 saturated carbocycles. The SMILES string of the molecule is CC(C)(C)OC(=O)N1CC(N2CCC3CNC(=O)C3C2)C1. The molecule has 3 aliphatic rings. The van der Waals surface area contributed by atoms with Gasteiger partial charge in [-0.05, 0) is 39.7 Å². The van der Waals surface area contributed by atoms with Gasteiger partial charge in [-0.3, -0.25) is 9.69 Å². The number of likely N-dealkylation sites (tertiary alicyclic amines) is 2. The van der Waals surface area contributed by atoms with Crippen molar-refractivity contribution >= 4 is 12.0 Å². The molecule has 21 heavy (non-hydrogen) atoms. The van der Waals surface area contributed by atoms with Crippen LogP contribution >= 0.6 is 0 Å². The van der Waals surface area contributed by atoms with Gasteiger partial charge in [-0.2, -0.15) is 0 Å². The fourth-order valence-electron chi connectivity index (χ4n) is 3.42. The predicted octanol–water partition coefficient (Wildman–Crippen LogP) is 0.674. The second kappa shape index (κ2) is 5.16. The molecule has 2 atom stereocenters. The van der Waals surface area contributed by atoms with Crippen molar-refractivity contribution in [1.29, 1.82) is 0 Å². The Labute approximate surface area is 125 Å². The summed E-state index contributed by atoms with van der Waals surface area (Å²) in [4.78, 5) is 27.8. The summed E-state index contributed by atoms with van der Waals surface area (Å²) >= 11 is 0. The van der Waals surface area contributed by atoms with Crippen molar-refractivity contribution in [3.63, 3.8) is 0 Å². The first-order chi connectivity index (χ1) is 9.83. The summed E-state index contributed by atoms with van der Waals surface area (Å²) in [5, 5.41) is 2.96. The third-order valence-corrected chi connectivity index (χ3v) is 4.69. The number of hydrogen-bond donors (Lipinski definition) is 1. The Hall–Kier alpha value is -1.30. The highest BCUT2D eigenvalue weighted by Crippen LogP contribution is 2.30. The molecule has 0 aromatic carbocycles. The Kier molecular flexibility index (Phi) is 3.59. The molecule has 3 rings (SSSR count). The van der Waals surface area contributed by atoms with E-state index in [0.717, 1.165) is 26.1 Å². The maximum absolute atomic E-state index is 11.9.